The molecule has 0 heterocycles. The Balaban J connectivity index is 1.89. The van der Waals surface area contributed by atoms with Gasteiger partial charge in [-0.05, 0) is 49.4 Å². The number of hydrogen-bond donors (Lipinski definition) is 2. The molecule has 2 amide bonds. The van der Waals surface area contributed by atoms with Gasteiger partial charge < -0.3 is 20.1 Å². The molecular weight excluding hydrogens is 441 g/mol. The van der Waals surface area contributed by atoms with Gasteiger partial charge in [0.2, 0.25) is 0 Å². The molecule has 0 spiro atoms. The molecule has 11 heteroatoms. The van der Waals surface area contributed by atoms with Gasteiger partial charge in [-0.2, -0.15) is 13.2 Å². The average Bonchev–Trinajstić information content (AvgIpc) is 2.72. The highest BCUT2D eigenvalue weighted by Gasteiger charge is 2.31. The Morgan fingerprint density at radius 3 is 2.32 bits per heavy atom. The van der Waals surface area contributed by atoms with Crippen molar-refractivity contribution in [3.05, 3.63) is 58.6 Å². The number of methoxy groups -OCH3 is 1. The Kier molecular flexibility index (Phi) is 7.87. The lowest BCUT2D eigenvalue weighted by Crippen LogP contribution is -2.35. The van der Waals surface area contributed by atoms with E-state index in [1.165, 1.54) is 26.2 Å². The highest BCUT2D eigenvalue weighted by atomic mass is 35.5. The molecule has 0 bridgehead atoms. The van der Waals surface area contributed by atoms with Crippen molar-refractivity contribution in [1.29, 1.82) is 0 Å². The van der Waals surface area contributed by atoms with E-state index in [1.807, 2.05) is 0 Å². The van der Waals surface area contributed by atoms with Crippen molar-refractivity contribution in [1.82, 2.24) is 5.32 Å². The lowest BCUT2D eigenvalue weighted by Gasteiger charge is -2.16. The molecule has 7 nitrogen and oxygen atoms in total. The summed E-state index contributed by atoms with van der Waals surface area (Å²) in [5.41, 5.74) is -1.01. The van der Waals surface area contributed by atoms with Crippen molar-refractivity contribution >= 4 is 35.1 Å². The first kappa shape index (κ1) is 24.0. The number of anilines is 1. The monoisotopic (exact) mass is 458 g/mol. The van der Waals surface area contributed by atoms with Crippen LogP contribution in [0.4, 0.5) is 18.9 Å². The van der Waals surface area contributed by atoms with E-state index in [0.717, 1.165) is 12.1 Å². The van der Waals surface area contributed by atoms with Crippen LogP contribution < -0.4 is 15.4 Å². The van der Waals surface area contributed by atoms with Gasteiger partial charge in [0.05, 0.1) is 23.4 Å². The van der Waals surface area contributed by atoms with Crippen LogP contribution >= 0.6 is 11.6 Å². The smallest absolute Gasteiger partial charge is 0.416 e. The van der Waals surface area contributed by atoms with Gasteiger partial charge in [0.25, 0.3) is 11.8 Å². The van der Waals surface area contributed by atoms with Gasteiger partial charge in [0.1, 0.15) is 12.3 Å². The molecule has 0 saturated heterocycles. The van der Waals surface area contributed by atoms with E-state index >= 15 is 0 Å². The number of esters is 1. The number of carbonyl (C=O) groups is 3. The molecule has 0 aromatic heterocycles. The molecule has 0 aliphatic carbocycles. The standard InChI is InChI=1S/C20H18ClF3N2O5/c1-11(18(28)26-16-9-13(20(22,23)24)5-8-15(16)21)31-17(27)10-25-19(29)12-3-6-14(30-2)7-4-12/h3-9,11H,10H2,1-2H3,(H,25,29)(H,26,28)/t11-/m0/s1. The van der Waals surface area contributed by atoms with Crippen LogP contribution in [0, 0.1) is 0 Å². The largest absolute Gasteiger partial charge is 0.497 e. The zero-order valence-corrected chi connectivity index (χ0v) is 17.1. The van der Waals surface area contributed by atoms with Gasteiger partial charge in [-0.1, -0.05) is 11.6 Å². The van der Waals surface area contributed by atoms with E-state index in [2.05, 4.69) is 10.6 Å². The summed E-state index contributed by atoms with van der Waals surface area (Å²) in [6, 6.07) is 8.56. The molecule has 0 radical (unpaired) electrons. The van der Waals surface area contributed by atoms with E-state index in [4.69, 9.17) is 21.1 Å². The van der Waals surface area contributed by atoms with Crippen molar-refractivity contribution in [2.24, 2.45) is 0 Å². The van der Waals surface area contributed by atoms with Crippen molar-refractivity contribution in [3.8, 4) is 5.75 Å². The first-order valence-electron chi connectivity index (χ1n) is 8.80. The Morgan fingerprint density at radius 2 is 1.74 bits per heavy atom. The third kappa shape index (κ3) is 6.88. The predicted molar refractivity (Wildman–Crippen MR) is 106 cm³/mol. The van der Waals surface area contributed by atoms with E-state index in [9.17, 15) is 27.6 Å². The topological polar surface area (TPSA) is 93.7 Å². The van der Waals surface area contributed by atoms with Crippen LogP contribution in [0.1, 0.15) is 22.8 Å². The number of hydrogen-bond acceptors (Lipinski definition) is 5. The minimum atomic E-state index is -4.62. The fourth-order valence-electron chi connectivity index (χ4n) is 2.32. The summed E-state index contributed by atoms with van der Waals surface area (Å²) in [4.78, 5) is 36.1. The highest BCUT2D eigenvalue weighted by molar-refractivity contribution is 6.33. The zero-order chi connectivity index (χ0) is 23.2. The number of alkyl halides is 3. The Labute approximate surface area is 180 Å². The maximum atomic E-state index is 12.8. The molecule has 0 fully saturated rings. The van der Waals surface area contributed by atoms with E-state index in [0.29, 0.717) is 11.8 Å². The third-order valence-electron chi connectivity index (χ3n) is 3.97. The van der Waals surface area contributed by atoms with Crippen LogP contribution in [0.5, 0.6) is 5.75 Å². The number of ether oxygens (including phenoxy) is 2. The molecule has 0 saturated carbocycles. The minimum absolute atomic E-state index is 0.119. The number of benzene rings is 2. The van der Waals surface area contributed by atoms with E-state index in [1.54, 1.807) is 12.1 Å². The lowest BCUT2D eigenvalue weighted by molar-refractivity contribution is -0.152. The normalized spacial score (nSPS) is 11.9. The first-order chi connectivity index (χ1) is 14.5. The summed E-state index contributed by atoms with van der Waals surface area (Å²) in [6.45, 7) is 0.701. The molecule has 166 valence electrons. The summed E-state index contributed by atoms with van der Waals surface area (Å²) in [5.74, 6) is -1.81. The second-order valence-electron chi connectivity index (χ2n) is 6.22. The van der Waals surface area contributed by atoms with E-state index in [-0.39, 0.29) is 16.3 Å². The molecule has 1 atom stereocenters. The highest BCUT2D eigenvalue weighted by Crippen LogP contribution is 2.33. The summed E-state index contributed by atoms with van der Waals surface area (Å²) >= 11 is 5.82. The molecular formula is C20H18ClF3N2O5. The van der Waals surface area contributed by atoms with Gasteiger partial charge in [-0.15, -0.1) is 0 Å². The molecule has 0 unspecified atom stereocenters. The summed E-state index contributed by atoms with van der Waals surface area (Å²) in [6.07, 6.45) is -5.97. The molecule has 2 aromatic carbocycles. The Morgan fingerprint density at radius 1 is 1.10 bits per heavy atom. The Hall–Kier alpha value is -3.27. The minimum Gasteiger partial charge on any atom is -0.497 e. The average molecular weight is 459 g/mol. The fraction of sp³-hybridized carbons (Fsp3) is 0.250. The quantitative estimate of drug-likeness (QED) is 0.617. The SMILES string of the molecule is COc1ccc(C(=O)NCC(=O)O[C@@H](C)C(=O)Nc2cc(C(F)(F)F)ccc2Cl)cc1. The second kappa shape index (κ2) is 10.2. The van der Waals surface area contributed by atoms with E-state index < -0.39 is 42.2 Å². The molecule has 2 rings (SSSR count). The number of amides is 2. The van der Waals surface area contributed by atoms with Crippen LogP contribution in [0.2, 0.25) is 5.02 Å². The van der Waals surface area contributed by atoms with Crippen LogP contribution in [0.25, 0.3) is 0 Å². The van der Waals surface area contributed by atoms with Gasteiger partial charge in [0, 0.05) is 5.56 Å². The molecule has 2 aromatic rings. The summed E-state index contributed by atoms with van der Waals surface area (Å²) in [7, 11) is 1.48. The fourth-order valence-corrected chi connectivity index (χ4v) is 2.49. The number of halogens is 4. The molecule has 2 N–H and O–H groups in total. The summed E-state index contributed by atoms with van der Waals surface area (Å²) in [5, 5.41) is 4.39. The maximum absolute atomic E-state index is 12.8. The number of nitrogens with one attached hydrogen (secondary N) is 2. The molecule has 0 aliphatic rings. The number of carbonyl (C=O) groups excluding carboxylic acids is 3. The van der Waals surface area contributed by atoms with Crippen molar-refractivity contribution in [2.75, 3.05) is 19.0 Å². The van der Waals surface area contributed by atoms with Crippen molar-refractivity contribution in [2.45, 2.75) is 19.2 Å². The van der Waals surface area contributed by atoms with Crippen LogP contribution in [0.3, 0.4) is 0 Å². The first-order valence-corrected chi connectivity index (χ1v) is 9.18. The van der Waals surface area contributed by atoms with Gasteiger partial charge in [-0.3, -0.25) is 14.4 Å². The molecule has 31 heavy (non-hydrogen) atoms. The lowest BCUT2D eigenvalue weighted by atomic mass is 10.2. The van der Waals surface area contributed by atoms with Gasteiger partial charge >= 0.3 is 12.1 Å². The van der Waals surface area contributed by atoms with Gasteiger partial charge in [-0.25, -0.2) is 0 Å². The molecule has 0 aliphatic heterocycles. The maximum Gasteiger partial charge on any atom is 0.416 e. The van der Waals surface area contributed by atoms with Crippen LogP contribution in [-0.2, 0) is 20.5 Å². The third-order valence-corrected chi connectivity index (χ3v) is 4.30. The second-order valence-corrected chi connectivity index (χ2v) is 6.63. The van der Waals surface area contributed by atoms with Crippen LogP contribution in [-0.4, -0.2) is 37.5 Å². The van der Waals surface area contributed by atoms with Crippen molar-refractivity contribution < 1.29 is 37.0 Å². The van der Waals surface area contributed by atoms with Gasteiger partial charge in [0.15, 0.2) is 6.10 Å². The zero-order valence-electron chi connectivity index (χ0n) is 16.4. The number of rotatable bonds is 7. The van der Waals surface area contributed by atoms with Crippen molar-refractivity contribution in [3.63, 3.8) is 0 Å². The van der Waals surface area contributed by atoms with Crippen LogP contribution in [0.15, 0.2) is 42.5 Å². The predicted octanol–water partition coefficient (Wildman–Crippen LogP) is 3.67. The Bertz CT molecular complexity index is 964. The summed E-state index contributed by atoms with van der Waals surface area (Å²) < 4.78 is 48.3.